The van der Waals surface area contributed by atoms with Crippen molar-refractivity contribution in [2.24, 2.45) is 5.73 Å². The van der Waals surface area contributed by atoms with Crippen LogP contribution in [0.25, 0.3) is 0 Å². The second kappa shape index (κ2) is 6.47. The lowest BCUT2D eigenvalue weighted by Gasteiger charge is -2.29. The number of hydrogen-bond acceptors (Lipinski definition) is 2. The van der Waals surface area contributed by atoms with E-state index in [1.54, 1.807) is 0 Å². The predicted octanol–water partition coefficient (Wildman–Crippen LogP) is 2.60. The molecule has 106 valence electrons. The first-order valence-electron chi connectivity index (χ1n) is 6.14. The van der Waals surface area contributed by atoms with Crippen molar-refractivity contribution in [3.05, 3.63) is 29.8 Å². The highest BCUT2D eigenvalue weighted by Gasteiger charge is 2.23. The summed E-state index contributed by atoms with van der Waals surface area (Å²) in [7, 11) is 0. The van der Waals surface area contributed by atoms with Crippen molar-refractivity contribution in [3.8, 4) is 0 Å². The number of anilines is 1. The average molecular weight is 271 g/mol. The van der Waals surface area contributed by atoms with Crippen LogP contribution >= 0.6 is 0 Å². The van der Waals surface area contributed by atoms with Crippen molar-refractivity contribution in [1.82, 2.24) is 5.32 Å². The van der Waals surface area contributed by atoms with Crippen molar-refractivity contribution in [3.63, 3.8) is 0 Å². The third-order valence-corrected chi connectivity index (χ3v) is 3.07. The van der Waals surface area contributed by atoms with E-state index in [0.717, 1.165) is 6.07 Å². The van der Waals surface area contributed by atoms with Gasteiger partial charge in [0.05, 0.1) is 5.69 Å². The number of amides is 2. The van der Waals surface area contributed by atoms with E-state index in [1.807, 2.05) is 13.8 Å². The highest BCUT2D eigenvalue weighted by molar-refractivity contribution is 5.89. The molecule has 1 atom stereocenters. The average Bonchev–Trinajstić information content (AvgIpc) is 2.33. The van der Waals surface area contributed by atoms with Gasteiger partial charge in [-0.25, -0.2) is 13.6 Å². The zero-order valence-electron chi connectivity index (χ0n) is 11.1. The Labute approximate surface area is 111 Å². The summed E-state index contributed by atoms with van der Waals surface area (Å²) in [5, 5.41) is 5.10. The Bertz CT molecular complexity index is 454. The molecule has 1 rings (SSSR count). The molecule has 0 aliphatic rings. The van der Waals surface area contributed by atoms with Gasteiger partial charge in [0.2, 0.25) is 0 Å². The van der Waals surface area contributed by atoms with Gasteiger partial charge in [-0.2, -0.15) is 0 Å². The minimum absolute atomic E-state index is 0.0647. The Morgan fingerprint density at radius 1 is 1.42 bits per heavy atom. The number of benzene rings is 1. The van der Waals surface area contributed by atoms with Gasteiger partial charge in [-0.15, -0.1) is 0 Å². The SMILES string of the molecule is CCC(C)(CCN)NC(=O)Nc1ccc(F)cc1F. The van der Waals surface area contributed by atoms with Gasteiger partial charge >= 0.3 is 6.03 Å². The molecule has 0 saturated carbocycles. The van der Waals surface area contributed by atoms with Gasteiger partial charge in [0, 0.05) is 11.6 Å². The Morgan fingerprint density at radius 2 is 2.11 bits per heavy atom. The fourth-order valence-corrected chi connectivity index (χ4v) is 1.66. The molecule has 0 heterocycles. The van der Waals surface area contributed by atoms with E-state index < -0.39 is 23.2 Å². The molecule has 0 fully saturated rings. The zero-order valence-corrected chi connectivity index (χ0v) is 11.1. The monoisotopic (exact) mass is 271 g/mol. The molecule has 1 aromatic carbocycles. The van der Waals surface area contributed by atoms with Crippen LogP contribution in [0.1, 0.15) is 26.7 Å². The van der Waals surface area contributed by atoms with Gasteiger partial charge in [0.1, 0.15) is 11.6 Å². The van der Waals surface area contributed by atoms with Gasteiger partial charge in [-0.3, -0.25) is 0 Å². The second-order valence-electron chi connectivity index (χ2n) is 4.66. The number of rotatable bonds is 5. The smallest absolute Gasteiger partial charge is 0.319 e. The normalized spacial score (nSPS) is 13.7. The first kappa shape index (κ1) is 15.4. The molecule has 1 unspecified atom stereocenters. The van der Waals surface area contributed by atoms with E-state index in [2.05, 4.69) is 10.6 Å². The van der Waals surface area contributed by atoms with Crippen LogP contribution < -0.4 is 16.4 Å². The maximum absolute atomic E-state index is 13.4. The van der Waals surface area contributed by atoms with Crippen molar-refractivity contribution in [1.29, 1.82) is 0 Å². The maximum Gasteiger partial charge on any atom is 0.319 e. The van der Waals surface area contributed by atoms with Crippen LogP contribution in [-0.4, -0.2) is 18.1 Å². The summed E-state index contributed by atoms with van der Waals surface area (Å²) in [5.74, 6) is -1.50. The van der Waals surface area contributed by atoms with Gasteiger partial charge in [-0.05, 0) is 38.4 Å². The van der Waals surface area contributed by atoms with Crippen LogP contribution in [0.3, 0.4) is 0 Å². The molecule has 4 N–H and O–H groups in total. The topological polar surface area (TPSA) is 67.1 Å². The van der Waals surface area contributed by atoms with E-state index >= 15 is 0 Å². The number of urea groups is 1. The summed E-state index contributed by atoms with van der Waals surface area (Å²) in [6, 6.07) is 2.44. The quantitative estimate of drug-likeness (QED) is 0.770. The van der Waals surface area contributed by atoms with Gasteiger partial charge in [0.25, 0.3) is 0 Å². The van der Waals surface area contributed by atoms with E-state index in [0.29, 0.717) is 25.5 Å². The second-order valence-corrected chi connectivity index (χ2v) is 4.66. The zero-order chi connectivity index (χ0) is 14.5. The number of nitrogens with one attached hydrogen (secondary N) is 2. The number of carbonyl (C=O) groups is 1. The van der Waals surface area contributed by atoms with Crippen LogP contribution in [-0.2, 0) is 0 Å². The van der Waals surface area contributed by atoms with E-state index in [4.69, 9.17) is 5.73 Å². The molecule has 6 heteroatoms. The highest BCUT2D eigenvalue weighted by Crippen LogP contribution is 2.17. The van der Waals surface area contributed by atoms with Gasteiger partial charge in [-0.1, -0.05) is 6.92 Å². The number of nitrogens with two attached hydrogens (primary N) is 1. The fraction of sp³-hybridized carbons (Fsp3) is 0.462. The molecule has 0 aliphatic heterocycles. The first-order valence-corrected chi connectivity index (χ1v) is 6.14. The van der Waals surface area contributed by atoms with Gasteiger partial charge < -0.3 is 16.4 Å². The Balaban J connectivity index is 2.69. The molecule has 4 nitrogen and oxygen atoms in total. The molecule has 0 saturated heterocycles. The van der Waals surface area contributed by atoms with E-state index in [-0.39, 0.29) is 5.69 Å². The standard InChI is InChI=1S/C13H19F2N3O/c1-3-13(2,6-7-16)18-12(19)17-11-5-4-9(14)8-10(11)15/h4-5,8H,3,6-7,16H2,1-2H3,(H2,17,18,19). The fourth-order valence-electron chi connectivity index (χ4n) is 1.66. The molecule has 0 bridgehead atoms. The lowest BCUT2D eigenvalue weighted by Crippen LogP contribution is -2.48. The lowest BCUT2D eigenvalue weighted by molar-refractivity contribution is 0.235. The summed E-state index contributed by atoms with van der Waals surface area (Å²) >= 11 is 0. The molecule has 0 aliphatic carbocycles. The Hall–Kier alpha value is -1.69. The van der Waals surface area contributed by atoms with Crippen LogP contribution in [0.2, 0.25) is 0 Å². The molecular formula is C13H19F2N3O. The third-order valence-electron chi connectivity index (χ3n) is 3.07. The largest absolute Gasteiger partial charge is 0.333 e. The van der Waals surface area contributed by atoms with E-state index in [9.17, 15) is 13.6 Å². The summed E-state index contributed by atoms with van der Waals surface area (Å²) in [6.07, 6.45) is 1.31. The lowest BCUT2D eigenvalue weighted by atomic mass is 9.95. The van der Waals surface area contributed by atoms with Crippen LogP contribution in [0, 0.1) is 11.6 Å². The molecule has 19 heavy (non-hydrogen) atoms. The van der Waals surface area contributed by atoms with Gasteiger partial charge in [0.15, 0.2) is 0 Å². The summed E-state index contributed by atoms with van der Waals surface area (Å²) in [4.78, 5) is 11.8. The van der Waals surface area contributed by atoms with Crippen LogP contribution in [0.15, 0.2) is 18.2 Å². The number of halogens is 2. The number of hydrogen-bond donors (Lipinski definition) is 3. The van der Waals surface area contributed by atoms with Crippen molar-refractivity contribution < 1.29 is 13.6 Å². The van der Waals surface area contributed by atoms with Crippen molar-refractivity contribution >= 4 is 11.7 Å². The summed E-state index contributed by atoms with van der Waals surface area (Å²) in [5.41, 5.74) is 4.97. The minimum atomic E-state index is -0.813. The molecule has 0 radical (unpaired) electrons. The minimum Gasteiger partial charge on any atom is -0.333 e. The van der Waals surface area contributed by atoms with Crippen LogP contribution in [0.5, 0.6) is 0 Å². The molecular weight excluding hydrogens is 252 g/mol. The molecule has 1 aromatic rings. The van der Waals surface area contributed by atoms with Crippen molar-refractivity contribution in [2.75, 3.05) is 11.9 Å². The molecule has 0 spiro atoms. The van der Waals surface area contributed by atoms with Crippen molar-refractivity contribution in [2.45, 2.75) is 32.2 Å². The van der Waals surface area contributed by atoms with E-state index in [1.165, 1.54) is 6.07 Å². The number of carbonyl (C=O) groups excluding carboxylic acids is 1. The Kier molecular flexibility index (Phi) is 5.23. The molecule has 0 aromatic heterocycles. The third kappa shape index (κ3) is 4.48. The Morgan fingerprint density at radius 3 is 2.63 bits per heavy atom. The van der Waals surface area contributed by atoms with Crippen LogP contribution in [0.4, 0.5) is 19.3 Å². The highest BCUT2D eigenvalue weighted by atomic mass is 19.1. The maximum atomic E-state index is 13.4. The summed E-state index contributed by atoms with van der Waals surface area (Å²) in [6.45, 7) is 4.23. The predicted molar refractivity (Wildman–Crippen MR) is 70.9 cm³/mol. The summed E-state index contributed by atoms with van der Waals surface area (Å²) < 4.78 is 26.1. The first-order chi connectivity index (χ1) is 8.90. The molecule has 2 amide bonds.